The van der Waals surface area contributed by atoms with Crippen LogP contribution in [0.5, 0.6) is 0 Å². The van der Waals surface area contributed by atoms with Gasteiger partial charge in [0.25, 0.3) is 0 Å². The molecule has 2 aliphatic rings. The second kappa shape index (κ2) is 6.02. The van der Waals surface area contributed by atoms with Crippen molar-refractivity contribution in [3.05, 3.63) is 35.4 Å². The van der Waals surface area contributed by atoms with Crippen LogP contribution in [0.25, 0.3) is 0 Å². The van der Waals surface area contributed by atoms with E-state index in [0.29, 0.717) is 38.9 Å². The van der Waals surface area contributed by atoms with Gasteiger partial charge in [-0.05, 0) is 25.3 Å². The van der Waals surface area contributed by atoms with Crippen molar-refractivity contribution in [1.29, 1.82) is 0 Å². The zero-order chi connectivity index (χ0) is 15.6. The van der Waals surface area contributed by atoms with E-state index in [0.717, 1.165) is 11.1 Å². The van der Waals surface area contributed by atoms with Crippen LogP contribution >= 0.6 is 0 Å². The van der Waals surface area contributed by atoms with Crippen LogP contribution in [0.4, 0.5) is 0 Å². The standard InChI is InChI=1S/C18H22O4/c1-14-3-2-4-15(13-14)16(19)5-6-17(20)7-9-18(10-8-17)21-11-12-22-18/h2-4,13,16,19-20H,7-12H2,1H3. The van der Waals surface area contributed by atoms with Gasteiger partial charge < -0.3 is 19.7 Å². The van der Waals surface area contributed by atoms with Crippen molar-refractivity contribution in [2.75, 3.05) is 13.2 Å². The molecule has 2 fully saturated rings. The Morgan fingerprint density at radius 1 is 1.14 bits per heavy atom. The molecule has 3 rings (SSSR count). The Balaban J connectivity index is 1.66. The summed E-state index contributed by atoms with van der Waals surface area (Å²) in [6, 6.07) is 7.61. The minimum atomic E-state index is -1.06. The van der Waals surface area contributed by atoms with Crippen LogP contribution < -0.4 is 0 Å². The average molecular weight is 302 g/mol. The minimum absolute atomic E-state index is 0.501. The van der Waals surface area contributed by atoms with Gasteiger partial charge in [-0.25, -0.2) is 0 Å². The Kier molecular flexibility index (Phi) is 4.24. The van der Waals surface area contributed by atoms with E-state index in [4.69, 9.17) is 9.47 Å². The fourth-order valence-corrected chi connectivity index (χ4v) is 3.08. The summed E-state index contributed by atoms with van der Waals surface area (Å²) in [4.78, 5) is 0. The molecule has 1 aliphatic carbocycles. The number of aliphatic hydroxyl groups excluding tert-OH is 1. The molecule has 0 aromatic heterocycles. The lowest BCUT2D eigenvalue weighted by molar-refractivity contribution is -0.195. The van der Waals surface area contributed by atoms with Gasteiger partial charge in [-0.15, -0.1) is 0 Å². The van der Waals surface area contributed by atoms with Crippen LogP contribution in [0.1, 0.15) is 42.9 Å². The summed E-state index contributed by atoms with van der Waals surface area (Å²) in [6.45, 7) is 3.21. The molecule has 0 bridgehead atoms. The van der Waals surface area contributed by atoms with Crippen molar-refractivity contribution in [1.82, 2.24) is 0 Å². The molecule has 1 unspecified atom stereocenters. The second-order valence-corrected chi connectivity index (χ2v) is 6.23. The maximum atomic E-state index is 10.6. The lowest BCUT2D eigenvalue weighted by Crippen LogP contribution is -2.42. The van der Waals surface area contributed by atoms with Gasteiger partial charge in [0.05, 0.1) is 13.2 Å². The third-order valence-electron chi connectivity index (χ3n) is 4.45. The van der Waals surface area contributed by atoms with E-state index >= 15 is 0 Å². The summed E-state index contributed by atoms with van der Waals surface area (Å²) in [5, 5.41) is 20.7. The number of hydrogen-bond acceptors (Lipinski definition) is 4. The Labute approximate surface area is 131 Å². The predicted molar refractivity (Wildman–Crippen MR) is 82.0 cm³/mol. The van der Waals surface area contributed by atoms with Crippen molar-refractivity contribution >= 4 is 0 Å². The van der Waals surface area contributed by atoms with Crippen molar-refractivity contribution in [2.24, 2.45) is 0 Å². The molecule has 4 nitrogen and oxygen atoms in total. The van der Waals surface area contributed by atoms with Crippen LogP contribution in [-0.4, -0.2) is 34.8 Å². The van der Waals surface area contributed by atoms with Crippen molar-refractivity contribution < 1.29 is 19.7 Å². The van der Waals surface area contributed by atoms with Gasteiger partial charge in [0.15, 0.2) is 5.79 Å². The SMILES string of the molecule is Cc1cccc(C(O)C#CC2(O)CCC3(CC2)OCCO3)c1. The van der Waals surface area contributed by atoms with Gasteiger partial charge in [0.2, 0.25) is 0 Å². The first kappa shape index (κ1) is 15.5. The predicted octanol–water partition coefficient (Wildman–Crippen LogP) is 2.08. The first-order valence-corrected chi connectivity index (χ1v) is 7.78. The van der Waals surface area contributed by atoms with E-state index in [1.807, 2.05) is 31.2 Å². The minimum Gasteiger partial charge on any atom is -0.378 e. The Morgan fingerprint density at radius 3 is 2.45 bits per heavy atom. The normalized spacial score (nSPS) is 23.8. The number of benzene rings is 1. The quantitative estimate of drug-likeness (QED) is 0.780. The highest BCUT2D eigenvalue weighted by atomic mass is 16.7. The lowest BCUT2D eigenvalue weighted by atomic mass is 9.81. The summed E-state index contributed by atoms with van der Waals surface area (Å²) in [5.74, 6) is 5.14. The molecule has 1 spiro atoms. The van der Waals surface area contributed by atoms with Crippen molar-refractivity contribution in [2.45, 2.75) is 50.1 Å². The Morgan fingerprint density at radius 2 is 1.82 bits per heavy atom. The van der Waals surface area contributed by atoms with Gasteiger partial charge in [-0.2, -0.15) is 0 Å². The maximum absolute atomic E-state index is 10.6. The Hall–Kier alpha value is -1.38. The molecule has 1 aliphatic heterocycles. The van der Waals surface area contributed by atoms with Gasteiger partial charge in [-0.3, -0.25) is 0 Å². The molecule has 4 heteroatoms. The molecular formula is C18H22O4. The second-order valence-electron chi connectivity index (χ2n) is 6.23. The number of aliphatic hydroxyl groups is 2. The van der Waals surface area contributed by atoms with E-state index in [1.54, 1.807) is 0 Å². The molecule has 0 amide bonds. The first-order chi connectivity index (χ1) is 10.5. The Bertz CT molecular complexity index is 583. The largest absolute Gasteiger partial charge is 0.378 e. The highest BCUT2D eigenvalue weighted by molar-refractivity contribution is 5.30. The first-order valence-electron chi connectivity index (χ1n) is 7.78. The van der Waals surface area contributed by atoms with Gasteiger partial charge in [0, 0.05) is 12.8 Å². The molecule has 1 aromatic carbocycles. The molecule has 2 N–H and O–H groups in total. The van der Waals surface area contributed by atoms with E-state index in [1.165, 1.54) is 0 Å². The van der Waals surface area contributed by atoms with Crippen LogP contribution in [0.3, 0.4) is 0 Å². The van der Waals surface area contributed by atoms with E-state index in [-0.39, 0.29) is 0 Å². The number of ether oxygens (including phenoxy) is 2. The van der Waals surface area contributed by atoms with Crippen molar-refractivity contribution in [3.63, 3.8) is 0 Å². The zero-order valence-electron chi connectivity index (χ0n) is 12.8. The summed E-state index contributed by atoms with van der Waals surface area (Å²) in [6.07, 6.45) is 1.40. The molecule has 1 atom stereocenters. The van der Waals surface area contributed by atoms with E-state index in [2.05, 4.69) is 11.8 Å². The monoisotopic (exact) mass is 302 g/mol. The number of aryl methyl sites for hydroxylation is 1. The van der Waals surface area contributed by atoms with Gasteiger partial charge in [-0.1, -0.05) is 41.7 Å². The summed E-state index contributed by atoms with van der Waals surface area (Å²) in [7, 11) is 0. The highest BCUT2D eigenvalue weighted by Gasteiger charge is 2.44. The van der Waals surface area contributed by atoms with Crippen LogP contribution in [0.2, 0.25) is 0 Å². The highest BCUT2D eigenvalue weighted by Crippen LogP contribution is 2.40. The maximum Gasteiger partial charge on any atom is 0.168 e. The van der Waals surface area contributed by atoms with Crippen LogP contribution in [0, 0.1) is 18.8 Å². The summed E-state index contributed by atoms with van der Waals surface area (Å²) in [5.41, 5.74) is 0.767. The van der Waals surface area contributed by atoms with E-state index in [9.17, 15) is 10.2 Å². The lowest BCUT2D eigenvalue weighted by Gasteiger charge is -2.37. The van der Waals surface area contributed by atoms with Gasteiger partial charge >= 0.3 is 0 Å². The molecule has 22 heavy (non-hydrogen) atoms. The molecule has 0 radical (unpaired) electrons. The van der Waals surface area contributed by atoms with Gasteiger partial charge in [0.1, 0.15) is 11.7 Å². The average Bonchev–Trinajstić information content (AvgIpc) is 2.97. The molecule has 1 heterocycles. The third kappa shape index (κ3) is 3.34. The van der Waals surface area contributed by atoms with Crippen molar-refractivity contribution in [3.8, 4) is 11.8 Å². The fourth-order valence-electron chi connectivity index (χ4n) is 3.08. The molecule has 1 aromatic rings. The van der Waals surface area contributed by atoms with Crippen LogP contribution in [0.15, 0.2) is 24.3 Å². The number of hydrogen-bond donors (Lipinski definition) is 2. The summed E-state index contributed by atoms with van der Waals surface area (Å²) >= 11 is 0. The topological polar surface area (TPSA) is 58.9 Å². The molecule has 118 valence electrons. The number of rotatable bonds is 1. The van der Waals surface area contributed by atoms with E-state index < -0.39 is 17.5 Å². The zero-order valence-corrected chi connectivity index (χ0v) is 12.8. The van der Waals surface area contributed by atoms with Crippen LogP contribution in [-0.2, 0) is 9.47 Å². The smallest absolute Gasteiger partial charge is 0.168 e. The fraction of sp³-hybridized carbons (Fsp3) is 0.556. The molecule has 1 saturated carbocycles. The molecule has 1 saturated heterocycles. The summed E-state index contributed by atoms with van der Waals surface area (Å²) < 4.78 is 11.3. The molecular weight excluding hydrogens is 280 g/mol. The third-order valence-corrected chi connectivity index (χ3v) is 4.45.